The van der Waals surface area contributed by atoms with Crippen LogP contribution in [0.25, 0.3) is 0 Å². The van der Waals surface area contributed by atoms with Gasteiger partial charge in [0.1, 0.15) is 0 Å². The fourth-order valence-corrected chi connectivity index (χ4v) is 3.34. The van der Waals surface area contributed by atoms with Gasteiger partial charge in [-0.25, -0.2) is 0 Å². The monoisotopic (exact) mass is 343 g/mol. The molecule has 0 aliphatic carbocycles. The van der Waals surface area contributed by atoms with E-state index in [1.54, 1.807) is 12.4 Å². The Balaban J connectivity index is 1.37. The number of pyridine rings is 1. The van der Waals surface area contributed by atoms with E-state index in [9.17, 15) is 4.79 Å². The van der Waals surface area contributed by atoms with Crippen molar-refractivity contribution in [3.63, 3.8) is 0 Å². The first-order valence-corrected chi connectivity index (χ1v) is 8.88. The maximum absolute atomic E-state index is 12.3. The fourth-order valence-electron chi connectivity index (χ4n) is 3.34. The van der Waals surface area contributed by atoms with E-state index < -0.39 is 0 Å². The smallest absolute Gasteiger partial charge is 0.251 e. The van der Waals surface area contributed by atoms with Crippen molar-refractivity contribution in [1.82, 2.24) is 10.3 Å². The Morgan fingerprint density at radius 2 is 1.73 bits per heavy atom. The van der Waals surface area contributed by atoms with E-state index in [0.29, 0.717) is 12.1 Å². The van der Waals surface area contributed by atoms with Crippen molar-refractivity contribution in [2.45, 2.75) is 19.5 Å². The molecule has 1 amide bonds. The third-order valence-electron chi connectivity index (χ3n) is 4.78. The van der Waals surface area contributed by atoms with Crippen LogP contribution in [0.2, 0.25) is 0 Å². The zero-order valence-corrected chi connectivity index (χ0v) is 14.6. The van der Waals surface area contributed by atoms with Crippen LogP contribution in [0, 0.1) is 0 Å². The van der Waals surface area contributed by atoms with Gasteiger partial charge in [-0.15, -0.1) is 0 Å². The third-order valence-corrected chi connectivity index (χ3v) is 4.78. The van der Waals surface area contributed by atoms with Crippen LogP contribution in [0.1, 0.15) is 27.0 Å². The second-order valence-electron chi connectivity index (χ2n) is 6.54. The number of nitrogens with zero attached hydrogens (tertiary/aromatic N) is 2. The summed E-state index contributed by atoms with van der Waals surface area (Å²) in [4.78, 5) is 18.7. The minimum atomic E-state index is -0.0557. The standard InChI is InChI=1S/C22H21N3O/c26-22(24-15-17-9-12-23-13-10-17)20-7-5-18(6-8-20)16-25-14-11-19-3-1-2-4-21(19)25/h1-10,12-13H,11,14-16H2,(H,24,26). The van der Waals surface area contributed by atoms with Crippen molar-refractivity contribution < 1.29 is 4.79 Å². The molecule has 1 N–H and O–H groups in total. The minimum Gasteiger partial charge on any atom is -0.367 e. The molecule has 0 unspecified atom stereocenters. The Kier molecular flexibility index (Phi) is 4.65. The number of aromatic nitrogens is 1. The van der Waals surface area contributed by atoms with Gasteiger partial charge in [0.05, 0.1) is 0 Å². The molecule has 2 aromatic carbocycles. The van der Waals surface area contributed by atoms with Gasteiger partial charge in [0, 0.05) is 43.3 Å². The molecule has 130 valence electrons. The quantitative estimate of drug-likeness (QED) is 0.770. The van der Waals surface area contributed by atoms with Crippen LogP contribution in [0.5, 0.6) is 0 Å². The zero-order valence-electron chi connectivity index (χ0n) is 14.6. The molecule has 0 spiro atoms. The lowest BCUT2D eigenvalue weighted by Gasteiger charge is -2.19. The molecular formula is C22H21N3O. The molecule has 0 bridgehead atoms. The maximum atomic E-state index is 12.3. The zero-order chi connectivity index (χ0) is 17.8. The molecule has 1 aromatic heterocycles. The van der Waals surface area contributed by atoms with Crippen LogP contribution in [0.15, 0.2) is 73.1 Å². The molecular weight excluding hydrogens is 322 g/mol. The molecule has 4 rings (SSSR count). The molecule has 0 saturated heterocycles. The molecule has 0 radical (unpaired) electrons. The highest BCUT2D eigenvalue weighted by Crippen LogP contribution is 2.28. The van der Waals surface area contributed by atoms with Gasteiger partial charge >= 0.3 is 0 Å². The van der Waals surface area contributed by atoms with Gasteiger partial charge in [0.15, 0.2) is 0 Å². The van der Waals surface area contributed by atoms with Gasteiger partial charge in [-0.2, -0.15) is 0 Å². The molecule has 1 aliphatic heterocycles. The number of amides is 1. The van der Waals surface area contributed by atoms with Gasteiger partial charge in [-0.05, 0) is 53.4 Å². The van der Waals surface area contributed by atoms with E-state index in [2.05, 4.69) is 39.5 Å². The average Bonchev–Trinajstić information content (AvgIpc) is 3.10. The molecule has 0 fully saturated rings. The number of nitrogens with one attached hydrogen (secondary N) is 1. The number of benzene rings is 2. The van der Waals surface area contributed by atoms with Gasteiger partial charge in [-0.1, -0.05) is 30.3 Å². The molecule has 4 nitrogen and oxygen atoms in total. The van der Waals surface area contributed by atoms with E-state index in [1.165, 1.54) is 16.8 Å². The molecule has 1 aliphatic rings. The van der Waals surface area contributed by atoms with Crippen molar-refractivity contribution in [3.05, 3.63) is 95.3 Å². The number of carbonyl (C=O) groups excluding carboxylic acids is 1. The van der Waals surface area contributed by atoms with Crippen molar-refractivity contribution in [3.8, 4) is 0 Å². The van der Waals surface area contributed by atoms with Crippen LogP contribution in [0.4, 0.5) is 5.69 Å². The second-order valence-corrected chi connectivity index (χ2v) is 6.54. The van der Waals surface area contributed by atoms with Gasteiger partial charge in [-0.3, -0.25) is 9.78 Å². The van der Waals surface area contributed by atoms with E-state index in [-0.39, 0.29) is 5.91 Å². The van der Waals surface area contributed by atoms with E-state index in [0.717, 1.165) is 25.1 Å². The lowest BCUT2D eigenvalue weighted by atomic mass is 10.1. The normalized spacial score (nSPS) is 12.7. The van der Waals surface area contributed by atoms with Gasteiger partial charge in [0.25, 0.3) is 5.91 Å². The van der Waals surface area contributed by atoms with Crippen molar-refractivity contribution in [2.75, 3.05) is 11.4 Å². The minimum absolute atomic E-state index is 0.0557. The average molecular weight is 343 g/mol. The predicted octanol–water partition coefficient (Wildman–Crippen LogP) is 3.57. The Bertz CT molecular complexity index is 891. The number of carbonyl (C=O) groups is 1. The van der Waals surface area contributed by atoms with Crippen LogP contribution in [-0.4, -0.2) is 17.4 Å². The Morgan fingerprint density at radius 3 is 2.54 bits per heavy atom. The number of para-hydroxylation sites is 1. The van der Waals surface area contributed by atoms with Crippen LogP contribution < -0.4 is 10.2 Å². The van der Waals surface area contributed by atoms with E-state index in [1.807, 2.05) is 36.4 Å². The summed E-state index contributed by atoms with van der Waals surface area (Å²) in [5, 5.41) is 2.94. The number of fused-ring (bicyclic) bond motifs is 1. The first-order valence-electron chi connectivity index (χ1n) is 8.88. The molecule has 26 heavy (non-hydrogen) atoms. The Labute approximate surface area is 153 Å². The highest BCUT2D eigenvalue weighted by Gasteiger charge is 2.18. The fraction of sp³-hybridized carbons (Fsp3) is 0.182. The lowest BCUT2D eigenvalue weighted by molar-refractivity contribution is 0.0951. The summed E-state index contributed by atoms with van der Waals surface area (Å²) in [5.41, 5.74) is 5.68. The summed E-state index contributed by atoms with van der Waals surface area (Å²) in [7, 11) is 0. The van der Waals surface area contributed by atoms with E-state index in [4.69, 9.17) is 0 Å². The highest BCUT2D eigenvalue weighted by molar-refractivity contribution is 5.94. The highest BCUT2D eigenvalue weighted by atomic mass is 16.1. The largest absolute Gasteiger partial charge is 0.367 e. The van der Waals surface area contributed by atoms with Crippen LogP contribution >= 0.6 is 0 Å². The maximum Gasteiger partial charge on any atom is 0.251 e. The first-order chi connectivity index (χ1) is 12.8. The lowest BCUT2D eigenvalue weighted by Crippen LogP contribution is -2.23. The number of anilines is 1. The SMILES string of the molecule is O=C(NCc1ccncc1)c1ccc(CN2CCc3ccccc32)cc1. The summed E-state index contributed by atoms with van der Waals surface area (Å²) < 4.78 is 0. The summed E-state index contributed by atoms with van der Waals surface area (Å²) in [5.74, 6) is -0.0557. The summed E-state index contributed by atoms with van der Waals surface area (Å²) in [6, 6.07) is 20.3. The molecule has 3 aromatic rings. The summed E-state index contributed by atoms with van der Waals surface area (Å²) in [6.45, 7) is 2.43. The van der Waals surface area contributed by atoms with Crippen LogP contribution in [0.3, 0.4) is 0 Å². The molecule has 2 heterocycles. The van der Waals surface area contributed by atoms with Crippen molar-refractivity contribution in [2.24, 2.45) is 0 Å². The Hall–Kier alpha value is -3.14. The first kappa shape index (κ1) is 16.3. The van der Waals surface area contributed by atoms with Gasteiger partial charge < -0.3 is 10.2 Å². The number of hydrogen-bond donors (Lipinski definition) is 1. The molecule has 0 saturated carbocycles. The van der Waals surface area contributed by atoms with Gasteiger partial charge in [0.2, 0.25) is 0 Å². The second kappa shape index (κ2) is 7.40. The van der Waals surface area contributed by atoms with Crippen molar-refractivity contribution in [1.29, 1.82) is 0 Å². The third kappa shape index (κ3) is 3.59. The molecule has 0 atom stereocenters. The van der Waals surface area contributed by atoms with Crippen LogP contribution in [-0.2, 0) is 19.5 Å². The Morgan fingerprint density at radius 1 is 0.962 bits per heavy atom. The summed E-state index contributed by atoms with van der Waals surface area (Å²) >= 11 is 0. The van der Waals surface area contributed by atoms with Crippen molar-refractivity contribution >= 4 is 11.6 Å². The number of rotatable bonds is 5. The topological polar surface area (TPSA) is 45.2 Å². The van der Waals surface area contributed by atoms with E-state index >= 15 is 0 Å². The number of hydrogen-bond acceptors (Lipinski definition) is 3. The summed E-state index contributed by atoms with van der Waals surface area (Å²) in [6.07, 6.45) is 4.56. The molecule has 4 heteroatoms. The predicted molar refractivity (Wildman–Crippen MR) is 103 cm³/mol.